The molecule has 0 spiro atoms. The molecule has 1 saturated carbocycles. The summed E-state index contributed by atoms with van der Waals surface area (Å²) < 4.78 is 5.03. The molecule has 0 aromatic heterocycles. The Balaban J connectivity index is 1.60. The Hall–Kier alpha value is -2.82. The minimum Gasteiger partial charge on any atom is -0.508 e. The molecule has 0 bridgehead atoms. The maximum atomic E-state index is 13.9. The molecule has 0 heterocycles. The largest absolute Gasteiger partial charge is 0.508 e. The summed E-state index contributed by atoms with van der Waals surface area (Å²) in [5, 5.41) is 12.6. The van der Waals surface area contributed by atoms with Crippen LogP contribution in [-0.4, -0.2) is 30.1 Å². The van der Waals surface area contributed by atoms with Crippen LogP contribution < -0.4 is 5.32 Å². The smallest absolute Gasteiger partial charge is 0.328 e. The minimum atomic E-state index is -0.772. The van der Waals surface area contributed by atoms with Crippen LogP contribution in [-0.2, 0) is 32.6 Å². The zero-order valence-corrected chi connectivity index (χ0v) is 21.7. The number of phenols is 1. The van der Waals surface area contributed by atoms with Crippen molar-refractivity contribution in [3.05, 3.63) is 64.7 Å². The first-order valence-corrected chi connectivity index (χ1v) is 12.9. The molecule has 188 valence electrons. The van der Waals surface area contributed by atoms with Crippen LogP contribution in [0.4, 0.5) is 0 Å². The fourth-order valence-electron chi connectivity index (χ4n) is 6.67. The number of fused-ring (bicyclic) bond motifs is 3. The van der Waals surface area contributed by atoms with Crippen molar-refractivity contribution in [1.29, 1.82) is 0 Å². The van der Waals surface area contributed by atoms with E-state index in [2.05, 4.69) is 51.2 Å². The van der Waals surface area contributed by atoms with Gasteiger partial charge in [0.2, 0.25) is 5.91 Å². The molecular weight excluding hydrogens is 438 g/mol. The summed E-state index contributed by atoms with van der Waals surface area (Å²) >= 11 is 0. The molecule has 2 aromatic rings. The highest BCUT2D eigenvalue weighted by Gasteiger charge is 2.55. The third-order valence-electron chi connectivity index (χ3n) is 8.73. The normalized spacial score (nSPS) is 26.4. The number of esters is 1. The molecule has 4 rings (SSSR count). The van der Waals surface area contributed by atoms with Crippen molar-refractivity contribution in [2.24, 2.45) is 11.3 Å². The van der Waals surface area contributed by atoms with Crippen molar-refractivity contribution in [3.63, 3.8) is 0 Å². The Morgan fingerprint density at radius 3 is 2.49 bits per heavy atom. The maximum absolute atomic E-state index is 13.9. The molecule has 5 nitrogen and oxygen atoms in total. The topological polar surface area (TPSA) is 75.6 Å². The van der Waals surface area contributed by atoms with Crippen molar-refractivity contribution in [3.8, 4) is 5.75 Å². The highest BCUT2D eigenvalue weighted by atomic mass is 16.5. The number of aromatic hydroxyl groups is 1. The molecular formula is C30H39NO4. The number of carbonyl (C=O) groups excluding carboxylic acids is 2. The van der Waals surface area contributed by atoms with Crippen LogP contribution in [0.3, 0.4) is 0 Å². The quantitative estimate of drug-likeness (QED) is 0.544. The van der Waals surface area contributed by atoms with E-state index in [-0.39, 0.29) is 23.0 Å². The first-order valence-electron chi connectivity index (χ1n) is 12.9. The Bertz CT molecular complexity index is 1090. The van der Waals surface area contributed by atoms with Crippen molar-refractivity contribution < 1.29 is 19.4 Å². The zero-order valence-electron chi connectivity index (χ0n) is 21.7. The van der Waals surface area contributed by atoms with Gasteiger partial charge in [-0.2, -0.15) is 0 Å². The number of methoxy groups -OCH3 is 1. The minimum absolute atomic E-state index is 0.0643. The van der Waals surface area contributed by atoms with Gasteiger partial charge < -0.3 is 15.2 Å². The van der Waals surface area contributed by atoms with Gasteiger partial charge in [-0.1, -0.05) is 64.4 Å². The van der Waals surface area contributed by atoms with Crippen molar-refractivity contribution in [2.45, 2.75) is 83.6 Å². The first kappa shape index (κ1) is 25.3. The van der Waals surface area contributed by atoms with E-state index in [9.17, 15) is 14.7 Å². The third-order valence-corrected chi connectivity index (χ3v) is 8.73. The fraction of sp³-hybridized carbons (Fsp3) is 0.533. The van der Waals surface area contributed by atoms with Crippen LogP contribution in [0.5, 0.6) is 5.75 Å². The number of rotatable bonds is 6. The Labute approximate surface area is 209 Å². The van der Waals surface area contributed by atoms with E-state index in [0.29, 0.717) is 12.3 Å². The van der Waals surface area contributed by atoms with Gasteiger partial charge in [-0.15, -0.1) is 0 Å². The van der Waals surface area contributed by atoms with Gasteiger partial charge in [0.15, 0.2) is 0 Å². The number of ether oxygens (including phenoxy) is 1. The number of benzene rings is 2. The number of hydrogen-bond donors (Lipinski definition) is 2. The number of carbonyl (C=O) groups is 2. The SMILES string of the molecule is COC(=O)[C@H](Cc1ccc(O)cc1)NC(=O)[C@]1(C)CCC[C@]2(C)c3ccc(C(C)C)cc3CC[C@@H]12. The lowest BCUT2D eigenvalue weighted by molar-refractivity contribution is -0.149. The number of hydrogen-bond acceptors (Lipinski definition) is 4. The van der Waals surface area contributed by atoms with E-state index in [0.717, 1.165) is 37.7 Å². The molecule has 2 aliphatic rings. The second kappa shape index (κ2) is 9.67. The predicted octanol–water partition coefficient (Wildman–Crippen LogP) is 5.43. The first-order chi connectivity index (χ1) is 16.6. The van der Waals surface area contributed by atoms with E-state index < -0.39 is 17.4 Å². The summed E-state index contributed by atoms with van der Waals surface area (Å²) in [4.78, 5) is 26.5. The van der Waals surface area contributed by atoms with Gasteiger partial charge in [-0.05, 0) is 77.3 Å². The summed E-state index contributed by atoms with van der Waals surface area (Å²) in [5.41, 5.74) is 4.42. The summed E-state index contributed by atoms with van der Waals surface area (Å²) in [6.45, 7) is 8.89. The van der Waals surface area contributed by atoms with E-state index in [1.165, 1.54) is 23.8 Å². The monoisotopic (exact) mass is 477 g/mol. The highest BCUT2D eigenvalue weighted by molar-refractivity contribution is 5.88. The van der Waals surface area contributed by atoms with Gasteiger partial charge >= 0.3 is 5.97 Å². The van der Waals surface area contributed by atoms with Crippen molar-refractivity contribution in [1.82, 2.24) is 5.32 Å². The second-order valence-corrected chi connectivity index (χ2v) is 11.3. The molecule has 4 atom stereocenters. The van der Waals surface area contributed by atoms with Gasteiger partial charge in [0.25, 0.3) is 0 Å². The number of aryl methyl sites for hydroxylation is 1. The number of phenolic OH excluding ortho intramolecular Hbond substituents is 1. The van der Waals surface area contributed by atoms with E-state index in [1.807, 2.05) is 0 Å². The number of amides is 1. The van der Waals surface area contributed by atoms with Crippen molar-refractivity contribution >= 4 is 11.9 Å². The Kier molecular flexibility index (Phi) is 6.99. The van der Waals surface area contributed by atoms with Crippen LogP contribution in [0.25, 0.3) is 0 Å². The molecule has 0 radical (unpaired) electrons. The lowest BCUT2D eigenvalue weighted by atomic mass is 9.49. The second-order valence-electron chi connectivity index (χ2n) is 11.3. The van der Waals surface area contributed by atoms with E-state index >= 15 is 0 Å². The molecule has 5 heteroatoms. The lowest BCUT2D eigenvalue weighted by Gasteiger charge is -2.54. The van der Waals surface area contributed by atoms with E-state index in [1.54, 1.807) is 24.3 Å². The highest BCUT2D eigenvalue weighted by Crippen LogP contribution is 2.57. The lowest BCUT2D eigenvalue weighted by Crippen LogP contribution is -2.57. The summed E-state index contributed by atoms with van der Waals surface area (Å²) in [5.74, 6) is 0.346. The molecule has 2 aliphatic carbocycles. The Morgan fingerprint density at radius 1 is 1.11 bits per heavy atom. The molecule has 1 amide bonds. The van der Waals surface area contributed by atoms with Crippen molar-refractivity contribution in [2.75, 3.05) is 7.11 Å². The Morgan fingerprint density at radius 2 is 1.83 bits per heavy atom. The molecule has 0 saturated heterocycles. The summed E-state index contributed by atoms with van der Waals surface area (Å²) in [7, 11) is 1.35. The van der Waals surface area contributed by atoms with Crippen LogP contribution in [0.1, 0.15) is 81.5 Å². The zero-order chi connectivity index (χ0) is 25.4. The van der Waals surface area contributed by atoms with Gasteiger partial charge in [0, 0.05) is 6.42 Å². The molecule has 2 N–H and O–H groups in total. The molecule has 1 fully saturated rings. The third kappa shape index (κ3) is 4.70. The van der Waals surface area contributed by atoms with Crippen LogP contribution in [0, 0.1) is 11.3 Å². The predicted molar refractivity (Wildman–Crippen MR) is 137 cm³/mol. The van der Waals surface area contributed by atoms with Crippen LogP contribution in [0.2, 0.25) is 0 Å². The van der Waals surface area contributed by atoms with E-state index in [4.69, 9.17) is 4.74 Å². The van der Waals surface area contributed by atoms with Crippen LogP contribution in [0.15, 0.2) is 42.5 Å². The van der Waals surface area contributed by atoms with Gasteiger partial charge in [-0.25, -0.2) is 4.79 Å². The van der Waals surface area contributed by atoms with Gasteiger partial charge in [-0.3, -0.25) is 4.79 Å². The number of nitrogens with one attached hydrogen (secondary N) is 1. The summed E-state index contributed by atoms with van der Waals surface area (Å²) in [6, 6.07) is 12.9. The molecule has 35 heavy (non-hydrogen) atoms. The molecule has 0 unspecified atom stereocenters. The summed E-state index contributed by atoms with van der Waals surface area (Å²) in [6.07, 6.45) is 5.12. The van der Waals surface area contributed by atoms with Gasteiger partial charge in [0.1, 0.15) is 11.8 Å². The molecule has 0 aliphatic heterocycles. The van der Waals surface area contributed by atoms with Crippen LogP contribution >= 0.6 is 0 Å². The van der Waals surface area contributed by atoms with Gasteiger partial charge in [0.05, 0.1) is 12.5 Å². The average Bonchev–Trinajstić information content (AvgIpc) is 2.83. The molecule has 2 aromatic carbocycles. The maximum Gasteiger partial charge on any atom is 0.328 e. The fourth-order valence-corrected chi connectivity index (χ4v) is 6.67. The standard InChI is InChI=1S/C30H39NO4/c1-19(2)21-9-13-24-22(18-21)10-14-26-29(24,3)15-6-16-30(26,4)28(34)31-25(27(33)35-5)17-20-7-11-23(32)12-8-20/h7-9,11-13,18-19,25-26,32H,6,10,14-17H2,1-5H3,(H,31,34)/t25-,26+,29+,30+/m0/s1. The average molecular weight is 478 g/mol.